The van der Waals surface area contributed by atoms with Gasteiger partial charge in [-0.3, -0.25) is 4.90 Å². The summed E-state index contributed by atoms with van der Waals surface area (Å²) in [5.41, 5.74) is 1.14. The first-order valence-electron chi connectivity index (χ1n) is 8.11. The van der Waals surface area contributed by atoms with Crippen molar-refractivity contribution in [3.05, 3.63) is 29.3 Å². The number of hydrogen-bond donors (Lipinski definition) is 1. The highest BCUT2D eigenvalue weighted by Crippen LogP contribution is 2.29. The summed E-state index contributed by atoms with van der Waals surface area (Å²) in [7, 11) is 0. The molecule has 1 aromatic carbocycles. The van der Waals surface area contributed by atoms with Gasteiger partial charge in [0.2, 0.25) is 0 Å². The van der Waals surface area contributed by atoms with E-state index in [1.807, 2.05) is 11.3 Å². The quantitative estimate of drug-likeness (QED) is 0.910. The van der Waals surface area contributed by atoms with Crippen LogP contribution in [-0.4, -0.2) is 35.6 Å². The van der Waals surface area contributed by atoms with Gasteiger partial charge in [-0.25, -0.2) is 4.98 Å². The smallest absolute Gasteiger partial charge is 0.111 e. The highest BCUT2D eigenvalue weighted by molar-refractivity contribution is 7.18. The molecule has 2 atom stereocenters. The fourth-order valence-corrected chi connectivity index (χ4v) is 4.20. The van der Waals surface area contributed by atoms with Gasteiger partial charge in [-0.1, -0.05) is 25.5 Å². The molecule has 4 heteroatoms. The molecule has 1 aromatic heterocycles. The van der Waals surface area contributed by atoms with Gasteiger partial charge in [-0.15, -0.1) is 11.3 Å². The summed E-state index contributed by atoms with van der Waals surface area (Å²) in [5.74, 6) is 0. The highest BCUT2D eigenvalue weighted by Gasteiger charge is 2.22. The van der Waals surface area contributed by atoms with Crippen molar-refractivity contribution >= 4 is 21.6 Å². The van der Waals surface area contributed by atoms with E-state index in [2.05, 4.69) is 48.3 Å². The van der Waals surface area contributed by atoms with Crippen LogP contribution < -0.4 is 5.32 Å². The monoisotopic (exact) mass is 303 g/mol. The zero-order valence-electron chi connectivity index (χ0n) is 13.0. The molecule has 0 saturated carbocycles. The Labute approximate surface area is 131 Å². The molecule has 0 radical (unpaired) electrons. The molecule has 3 rings (SSSR count). The fourth-order valence-electron chi connectivity index (χ4n) is 3.15. The van der Waals surface area contributed by atoms with Gasteiger partial charge in [0, 0.05) is 12.6 Å². The number of likely N-dealkylation sites (N-methyl/N-ethyl adjacent to an activating group) is 1. The van der Waals surface area contributed by atoms with Gasteiger partial charge >= 0.3 is 0 Å². The van der Waals surface area contributed by atoms with Crippen molar-refractivity contribution in [1.29, 1.82) is 0 Å². The van der Waals surface area contributed by atoms with E-state index in [0.717, 1.165) is 18.6 Å². The molecule has 1 aliphatic rings. The van der Waals surface area contributed by atoms with Crippen LogP contribution in [0.1, 0.15) is 44.2 Å². The summed E-state index contributed by atoms with van der Waals surface area (Å²) >= 11 is 1.84. The van der Waals surface area contributed by atoms with Gasteiger partial charge in [0.1, 0.15) is 5.01 Å². The Bertz CT molecular complexity index is 541. The van der Waals surface area contributed by atoms with Crippen LogP contribution in [-0.2, 0) is 0 Å². The maximum Gasteiger partial charge on any atom is 0.111 e. The fraction of sp³-hybridized carbons (Fsp3) is 0.588. The Morgan fingerprint density at radius 3 is 2.95 bits per heavy atom. The molecular weight excluding hydrogens is 278 g/mol. The Kier molecular flexibility index (Phi) is 4.88. The lowest BCUT2D eigenvalue weighted by molar-refractivity contribution is 0.184. The second-order valence-corrected chi connectivity index (χ2v) is 6.99. The van der Waals surface area contributed by atoms with E-state index in [-0.39, 0.29) is 0 Å². The standard InChI is InChI=1S/C17H25N3S/c1-3-20(12-14-8-6-7-11-18-14)13(2)17-19-15-9-4-5-10-16(15)21-17/h4-5,9-10,13-14,18H,3,6-8,11-12H2,1-2H3. The second kappa shape index (κ2) is 6.86. The van der Waals surface area contributed by atoms with Crippen LogP contribution in [0.15, 0.2) is 24.3 Å². The lowest BCUT2D eigenvalue weighted by Gasteiger charge is -2.32. The summed E-state index contributed by atoms with van der Waals surface area (Å²) in [6.45, 7) is 7.94. The predicted octanol–water partition coefficient (Wildman–Crippen LogP) is 3.82. The molecule has 2 unspecified atom stereocenters. The van der Waals surface area contributed by atoms with Crippen molar-refractivity contribution in [1.82, 2.24) is 15.2 Å². The minimum Gasteiger partial charge on any atom is -0.313 e. The number of nitrogens with one attached hydrogen (secondary N) is 1. The Hall–Kier alpha value is -0.970. The summed E-state index contributed by atoms with van der Waals surface area (Å²) in [4.78, 5) is 7.39. The molecule has 0 amide bonds. The number of piperidine rings is 1. The van der Waals surface area contributed by atoms with Crippen molar-refractivity contribution in [3.63, 3.8) is 0 Å². The number of nitrogens with zero attached hydrogens (tertiary/aromatic N) is 2. The van der Waals surface area contributed by atoms with Gasteiger partial charge in [0.05, 0.1) is 16.3 Å². The number of thiazole rings is 1. The highest BCUT2D eigenvalue weighted by atomic mass is 32.1. The first-order chi connectivity index (χ1) is 10.3. The minimum absolute atomic E-state index is 0.399. The number of para-hydroxylation sites is 1. The molecule has 114 valence electrons. The molecule has 0 spiro atoms. The van der Waals surface area contributed by atoms with E-state index in [9.17, 15) is 0 Å². The Morgan fingerprint density at radius 1 is 1.38 bits per heavy atom. The molecule has 2 heterocycles. The van der Waals surface area contributed by atoms with Crippen molar-refractivity contribution in [3.8, 4) is 0 Å². The average molecular weight is 303 g/mol. The number of fused-ring (bicyclic) bond motifs is 1. The summed E-state index contributed by atoms with van der Waals surface area (Å²) in [6, 6.07) is 9.49. The van der Waals surface area contributed by atoms with Crippen LogP contribution in [0.25, 0.3) is 10.2 Å². The van der Waals surface area contributed by atoms with Gasteiger partial charge in [-0.2, -0.15) is 0 Å². The van der Waals surface area contributed by atoms with Crippen LogP contribution in [0.4, 0.5) is 0 Å². The molecule has 2 aromatic rings. The molecule has 1 fully saturated rings. The van der Waals surface area contributed by atoms with E-state index < -0.39 is 0 Å². The van der Waals surface area contributed by atoms with Crippen LogP contribution in [0.5, 0.6) is 0 Å². The topological polar surface area (TPSA) is 28.2 Å². The van der Waals surface area contributed by atoms with E-state index in [1.54, 1.807) is 0 Å². The van der Waals surface area contributed by atoms with Gasteiger partial charge in [-0.05, 0) is 45.0 Å². The number of benzene rings is 1. The number of rotatable bonds is 5. The lowest BCUT2D eigenvalue weighted by Crippen LogP contribution is -2.44. The second-order valence-electron chi connectivity index (χ2n) is 5.93. The first-order valence-corrected chi connectivity index (χ1v) is 8.92. The Balaban J connectivity index is 1.72. The first kappa shape index (κ1) is 14.9. The maximum absolute atomic E-state index is 4.83. The predicted molar refractivity (Wildman–Crippen MR) is 90.9 cm³/mol. The molecule has 1 aliphatic heterocycles. The summed E-state index contributed by atoms with van der Waals surface area (Å²) < 4.78 is 1.30. The third-order valence-electron chi connectivity index (χ3n) is 4.49. The third kappa shape index (κ3) is 3.44. The van der Waals surface area contributed by atoms with Crippen LogP contribution >= 0.6 is 11.3 Å². The van der Waals surface area contributed by atoms with Crippen molar-refractivity contribution in [2.24, 2.45) is 0 Å². The van der Waals surface area contributed by atoms with Crippen LogP contribution in [0, 0.1) is 0 Å². The van der Waals surface area contributed by atoms with E-state index in [4.69, 9.17) is 4.98 Å². The van der Waals surface area contributed by atoms with Crippen LogP contribution in [0.3, 0.4) is 0 Å². The maximum atomic E-state index is 4.83. The van der Waals surface area contributed by atoms with E-state index in [1.165, 1.54) is 35.5 Å². The van der Waals surface area contributed by atoms with Crippen LogP contribution in [0.2, 0.25) is 0 Å². The number of aromatic nitrogens is 1. The average Bonchev–Trinajstić information content (AvgIpc) is 2.97. The minimum atomic E-state index is 0.399. The summed E-state index contributed by atoms with van der Waals surface area (Å²) in [5, 5.41) is 4.90. The van der Waals surface area contributed by atoms with Crippen molar-refractivity contribution in [2.75, 3.05) is 19.6 Å². The number of hydrogen-bond acceptors (Lipinski definition) is 4. The largest absolute Gasteiger partial charge is 0.313 e. The van der Waals surface area contributed by atoms with E-state index >= 15 is 0 Å². The van der Waals surface area contributed by atoms with E-state index in [0.29, 0.717) is 12.1 Å². The molecular formula is C17H25N3S. The SMILES string of the molecule is CCN(CC1CCCCN1)C(C)c1nc2ccccc2s1. The Morgan fingerprint density at radius 2 is 2.24 bits per heavy atom. The molecule has 1 saturated heterocycles. The normalized spacial score (nSPS) is 21.0. The third-order valence-corrected chi connectivity index (χ3v) is 5.70. The van der Waals surface area contributed by atoms with Gasteiger partial charge in [0.25, 0.3) is 0 Å². The molecule has 0 aliphatic carbocycles. The lowest BCUT2D eigenvalue weighted by atomic mass is 10.0. The molecule has 21 heavy (non-hydrogen) atoms. The molecule has 1 N–H and O–H groups in total. The molecule has 0 bridgehead atoms. The van der Waals surface area contributed by atoms with Crippen molar-refractivity contribution in [2.45, 2.75) is 45.2 Å². The van der Waals surface area contributed by atoms with Crippen molar-refractivity contribution < 1.29 is 0 Å². The zero-order valence-corrected chi connectivity index (χ0v) is 13.8. The zero-order chi connectivity index (χ0) is 14.7. The summed E-state index contributed by atoms with van der Waals surface area (Å²) in [6.07, 6.45) is 4.00. The van der Waals surface area contributed by atoms with Gasteiger partial charge in [0.15, 0.2) is 0 Å². The van der Waals surface area contributed by atoms with Gasteiger partial charge < -0.3 is 5.32 Å². The molecule has 3 nitrogen and oxygen atoms in total.